The number of fused-ring (bicyclic) bond motifs is 1. The summed E-state index contributed by atoms with van der Waals surface area (Å²) in [6.07, 6.45) is 1.40. The lowest BCUT2D eigenvalue weighted by atomic mass is 9.98. The van der Waals surface area contributed by atoms with Crippen molar-refractivity contribution in [1.82, 2.24) is 4.90 Å². The van der Waals surface area contributed by atoms with Crippen molar-refractivity contribution in [3.05, 3.63) is 21.9 Å². The first-order chi connectivity index (χ1) is 8.13. The van der Waals surface area contributed by atoms with Gasteiger partial charge < -0.3 is 11.5 Å². The van der Waals surface area contributed by atoms with Gasteiger partial charge in [0.2, 0.25) is 5.91 Å². The summed E-state index contributed by atoms with van der Waals surface area (Å²) in [5, 5.41) is 2.14. The minimum absolute atomic E-state index is 0.0653. The van der Waals surface area contributed by atoms with E-state index in [9.17, 15) is 4.79 Å². The Morgan fingerprint density at radius 2 is 2.47 bits per heavy atom. The third-order valence-electron chi connectivity index (χ3n) is 3.50. The molecular formula is C12H19N3OS. The van der Waals surface area contributed by atoms with Gasteiger partial charge in [-0.1, -0.05) is 0 Å². The van der Waals surface area contributed by atoms with Crippen molar-refractivity contribution in [3.63, 3.8) is 0 Å². The van der Waals surface area contributed by atoms with Crippen molar-refractivity contribution >= 4 is 17.2 Å². The third-order valence-corrected chi connectivity index (χ3v) is 4.50. The zero-order valence-corrected chi connectivity index (χ0v) is 10.9. The molecule has 0 bridgehead atoms. The van der Waals surface area contributed by atoms with Gasteiger partial charge in [0.25, 0.3) is 0 Å². The van der Waals surface area contributed by atoms with E-state index in [1.165, 1.54) is 10.4 Å². The Hall–Kier alpha value is -0.910. The molecule has 0 saturated heterocycles. The van der Waals surface area contributed by atoms with Crippen LogP contribution in [-0.4, -0.2) is 29.9 Å². The highest BCUT2D eigenvalue weighted by Gasteiger charge is 2.30. The van der Waals surface area contributed by atoms with Crippen molar-refractivity contribution in [2.45, 2.75) is 31.8 Å². The minimum atomic E-state index is -0.274. The van der Waals surface area contributed by atoms with Crippen molar-refractivity contribution < 1.29 is 4.79 Å². The number of nitrogens with two attached hydrogens (primary N) is 2. The molecule has 0 fully saturated rings. The average molecular weight is 253 g/mol. The highest BCUT2D eigenvalue weighted by molar-refractivity contribution is 7.10. The number of amides is 1. The molecule has 2 rings (SSSR count). The van der Waals surface area contributed by atoms with E-state index in [4.69, 9.17) is 11.5 Å². The smallest absolute Gasteiger partial charge is 0.219 e. The Kier molecular flexibility index (Phi) is 3.81. The maximum Gasteiger partial charge on any atom is 0.219 e. The molecule has 1 aromatic rings. The Balaban J connectivity index is 2.15. The molecule has 2 unspecified atom stereocenters. The van der Waals surface area contributed by atoms with E-state index in [1.54, 1.807) is 0 Å². The van der Waals surface area contributed by atoms with Crippen molar-refractivity contribution in [2.24, 2.45) is 11.5 Å². The standard InChI is InChI=1S/C12H19N3OS/c1-8-10-3-5-17-11(10)2-4-15(8)9(7-13)6-12(14)16/h3,5,8-9H,2,4,6-7,13H2,1H3,(H2,14,16). The summed E-state index contributed by atoms with van der Waals surface area (Å²) >= 11 is 1.81. The van der Waals surface area contributed by atoms with Gasteiger partial charge in [0.15, 0.2) is 0 Å². The first-order valence-corrected chi connectivity index (χ1v) is 6.81. The molecule has 1 aliphatic heterocycles. The molecule has 4 nitrogen and oxygen atoms in total. The summed E-state index contributed by atoms with van der Waals surface area (Å²) in [5.41, 5.74) is 12.4. The molecule has 0 aromatic carbocycles. The largest absolute Gasteiger partial charge is 0.370 e. The number of nitrogens with zero attached hydrogens (tertiary/aromatic N) is 1. The molecule has 0 radical (unpaired) electrons. The zero-order chi connectivity index (χ0) is 12.4. The van der Waals surface area contributed by atoms with Crippen LogP contribution >= 0.6 is 11.3 Å². The molecule has 0 aliphatic carbocycles. The van der Waals surface area contributed by atoms with Gasteiger partial charge in [-0.2, -0.15) is 0 Å². The monoisotopic (exact) mass is 253 g/mol. The van der Waals surface area contributed by atoms with Crippen LogP contribution in [0, 0.1) is 0 Å². The Morgan fingerprint density at radius 1 is 1.71 bits per heavy atom. The second-order valence-corrected chi connectivity index (χ2v) is 5.52. The second kappa shape index (κ2) is 5.16. The molecule has 0 spiro atoms. The summed E-state index contributed by atoms with van der Waals surface area (Å²) in [6.45, 7) is 3.62. The van der Waals surface area contributed by atoms with Crippen LogP contribution in [0.2, 0.25) is 0 Å². The first-order valence-electron chi connectivity index (χ1n) is 5.94. The predicted octanol–water partition coefficient (Wildman–Crippen LogP) is 0.870. The molecule has 17 heavy (non-hydrogen) atoms. The Labute approximate surface area is 106 Å². The lowest BCUT2D eigenvalue weighted by molar-refractivity contribution is -0.119. The van der Waals surface area contributed by atoms with Gasteiger partial charge in [-0.05, 0) is 30.4 Å². The van der Waals surface area contributed by atoms with Crippen LogP contribution in [-0.2, 0) is 11.2 Å². The Morgan fingerprint density at radius 3 is 3.12 bits per heavy atom. The lowest BCUT2D eigenvalue weighted by Gasteiger charge is -2.38. The van der Waals surface area contributed by atoms with E-state index in [2.05, 4.69) is 23.3 Å². The zero-order valence-electron chi connectivity index (χ0n) is 10.1. The normalized spacial score (nSPS) is 22.1. The maximum absolute atomic E-state index is 11.1. The van der Waals surface area contributed by atoms with Gasteiger partial charge in [-0.25, -0.2) is 0 Å². The molecule has 2 heterocycles. The summed E-state index contributed by atoms with van der Waals surface area (Å²) in [6, 6.07) is 2.57. The molecule has 1 amide bonds. The van der Waals surface area contributed by atoms with Gasteiger partial charge in [0, 0.05) is 36.5 Å². The fraction of sp³-hybridized carbons (Fsp3) is 0.583. The summed E-state index contributed by atoms with van der Waals surface area (Å²) in [7, 11) is 0. The molecule has 94 valence electrons. The van der Waals surface area contributed by atoms with Crippen LogP contribution in [0.5, 0.6) is 0 Å². The SMILES string of the molecule is CC1c2ccsc2CCN1C(CN)CC(N)=O. The number of hydrogen-bond donors (Lipinski definition) is 2. The Bertz CT molecular complexity index is 404. The quantitative estimate of drug-likeness (QED) is 0.836. The van der Waals surface area contributed by atoms with Crippen LogP contribution in [0.4, 0.5) is 0 Å². The third kappa shape index (κ3) is 2.51. The summed E-state index contributed by atoms with van der Waals surface area (Å²) in [5.74, 6) is -0.274. The molecule has 1 aromatic heterocycles. The summed E-state index contributed by atoms with van der Waals surface area (Å²) in [4.78, 5) is 14.8. The van der Waals surface area contributed by atoms with Gasteiger partial charge in [0.1, 0.15) is 0 Å². The van der Waals surface area contributed by atoms with Gasteiger partial charge in [-0.3, -0.25) is 9.69 Å². The van der Waals surface area contributed by atoms with Crippen molar-refractivity contribution in [2.75, 3.05) is 13.1 Å². The fourth-order valence-corrected chi connectivity index (χ4v) is 3.56. The van der Waals surface area contributed by atoms with Crippen LogP contribution in [0.1, 0.15) is 29.8 Å². The lowest BCUT2D eigenvalue weighted by Crippen LogP contribution is -2.46. The highest BCUT2D eigenvalue weighted by atomic mass is 32.1. The molecule has 2 atom stereocenters. The average Bonchev–Trinajstić information content (AvgIpc) is 2.75. The van der Waals surface area contributed by atoms with E-state index in [-0.39, 0.29) is 11.9 Å². The van der Waals surface area contributed by atoms with E-state index < -0.39 is 0 Å². The maximum atomic E-state index is 11.1. The fourth-order valence-electron chi connectivity index (χ4n) is 2.60. The first kappa shape index (κ1) is 12.5. The topological polar surface area (TPSA) is 72.3 Å². The van der Waals surface area contributed by atoms with Gasteiger partial charge in [-0.15, -0.1) is 11.3 Å². The number of carbonyl (C=O) groups is 1. The molecular weight excluding hydrogens is 234 g/mol. The number of hydrogen-bond acceptors (Lipinski definition) is 4. The predicted molar refractivity (Wildman–Crippen MR) is 69.8 cm³/mol. The van der Waals surface area contributed by atoms with Crippen LogP contribution < -0.4 is 11.5 Å². The van der Waals surface area contributed by atoms with Crippen LogP contribution in [0.3, 0.4) is 0 Å². The number of rotatable bonds is 4. The van der Waals surface area contributed by atoms with E-state index >= 15 is 0 Å². The summed E-state index contributed by atoms with van der Waals surface area (Å²) < 4.78 is 0. The molecule has 4 N–H and O–H groups in total. The van der Waals surface area contributed by atoms with Crippen molar-refractivity contribution in [1.29, 1.82) is 0 Å². The molecule has 0 saturated carbocycles. The molecule has 1 aliphatic rings. The highest BCUT2D eigenvalue weighted by Crippen LogP contribution is 2.34. The van der Waals surface area contributed by atoms with Gasteiger partial charge in [0.05, 0.1) is 0 Å². The number of primary amides is 1. The van der Waals surface area contributed by atoms with Crippen LogP contribution in [0.25, 0.3) is 0 Å². The van der Waals surface area contributed by atoms with Crippen LogP contribution in [0.15, 0.2) is 11.4 Å². The number of thiophene rings is 1. The van der Waals surface area contributed by atoms with E-state index in [0.717, 1.165) is 13.0 Å². The second-order valence-electron chi connectivity index (χ2n) is 4.52. The van der Waals surface area contributed by atoms with Crippen molar-refractivity contribution in [3.8, 4) is 0 Å². The van der Waals surface area contributed by atoms with E-state index in [0.29, 0.717) is 19.0 Å². The molecule has 5 heteroatoms. The van der Waals surface area contributed by atoms with Gasteiger partial charge >= 0.3 is 0 Å². The van der Waals surface area contributed by atoms with E-state index in [1.807, 2.05) is 11.3 Å². The minimum Gasteiger partial charge on any atom is -0.370 e. The number of carbonyl (C=O) groups excluding carboxylic acids is 1.